The first-order valence-corrected chi connectivity index (χ1v) is 6.21. The largest absolute Gasteiger partial charge is 0.481 e. The van der Waals surface area contributed by atoms with Crippen LogP contribution in [0.4, 0.5) is 4.39 Å². The van der Waals surface area contributed by atoms with Crippen LogP contribution in [0, 0.1) is 23.1 Å². The summed E-state index contributed by atoms with van der Waals surface area (Å²) >= 11 is 0. The van der Waals surface area contributed by atoms with Crippen molar-refractivity contribution in [3.05, 3.63) is 35.1 Å². The Morgan fingerprint density at radius 2 is 2.37 bits per heavy atom. The number of rotatable bonds is 4. The molecule has 0 aliphatic carbocycles. The maximum atomic E-state index is 13.2. The number of carboxylic acids is 1. The fourth-order valence-corrected chi connectivity index (χ4v) is 2.51. The molecule has 0 aromatic heterocycles. The Bertz CT molecular complexity index is 525. The summed E-state index contributed by atoms with van der Waals surface area (Å²) in [5, 5.41) is 17.7. The number of aliphatic carboxylic acids is 1. The number of hydrogen-bond acceptors (Lipinski definition) is 3. The third kappa shape index (κ3) is 3.52. The minimum absolute atomic E-state index is 0.150. The van der Waals surface area contributed by atoms with Gasteiger partial charge in [0.05, 0.1) is 11.6 Å². The molecular formula is C14H15FN2O2. The fourth-order valence-electron chi connectivity index (χ4n) is 2.51. The molecule has 5 heteroatoms. The molecule has 1 aliphatic heterocycles. The average molecular weight is 262 g/mol. The second-order valence-electron chi connectivity index (χ2n) is 4.90. The highest BCUT2D eigenvalue weighted by atomic mass is 19.1. The first kappa shape index (κ1) is 13.5. The maximum absolute atomic E-state index is 13.2. The van der Waals surface area contributed by atoms with Crippen LogP contribution in [0.3, 0.4) is 0 Å². The van der Waals surface area contributed by atoms with Gasteiger partial charge in [-0.1, -0.05) is 0 Å². The highest BCUT2D eigenvalue weighted by molar-refractivity contribution is 5.67. The quantitative estimate of drug-likeness (QED) is 0.901. The summed E-state index contributed by atoms with van der Waals surface area (Å²) in [6, 6.07) is 6.19. The number of nitriles is 1. The number of carbonyl (C=O) groups is 1. The summed E-state index contributed by atoms with van der Waals surface area (Å²) < 4.78 is 13.2. The van der Waals surface area contributed by atoms with Gasteiger partial charge in [-0.05, 0) is 42.6 Å². The maximum Gasteiger partial charge on any atom is 0.303 e. The number of carboxylic acid groups (broad SMARTS) is 1. The lowest BCUT2D eigenvalue weighted by atomic mass is 10.1. The van der Waals surface area contributed by atoms with Gasteiger partial charge in [-0.2, -0.15) is 5.26 Å². The summed E-state index contributed by atoms with van der Waals surface area (Å²) in [6.45, 7) is 1.98. The van der Waals surface area contributed by atoms with Gasteiger partial charge in [0.2, 0.25) is 0 Å². The number of nitrogens with zero attached hydrogens (tertiary/aromatic N) is 2. The van der Waals surface area contributed by atoms with Gasteiger partial charge in [-0.15, -0.1) is 0 Å². The van der Waals surface area contributed by atoms with Crippen molar-refractivity contribution in [3.8, 4) is 6.07 Å². The minimum Gasteiger partial charge on any atom is -0.481 e. The van der Waals surface area contributed by atoms with Crippen LogP contribution in [0.2, 0.25) is 0 Å². The molecule has 1 saturated heterocycles. The fraction of sp³-hybridized carbons (Fsp3) is 0.429. The third-order valence-corrected chi connectivity index (χ3v) is 3.41. The molecule has 1 unspecified atom stereocenters. The lowest BCUT2D eigenvalue weighted by molar-refractivity contribution is -0.138. The van der Waals surface area contributed by atoms with E-state index in [-0.39, 0.29) is 18.2 Å². The molecule has 100 valence electrons. The zero-order valence-corrected chi connectivity index (χ0v) is 10.5. The van der Waals surface area contributed by atoms with Crippen LogP contribution in [-0.4, -0.2) is 29.1 Å². The van der Waals surface area contributed by atoms with E-state index in [4.69, 9.17) is 10.4 Å². The molecule has 1 atom stereocenters. The summed E-state index contributed by atoms with van der Waals surface area (Å²) in [5.74, 6) is -0.984. The molecule has 2 rings (SSSR count). The van der Waals surface area contributed by atoms with E-state index in [9.17, 15) is 9.18 Å². The molecular weight excluding hydrogens is 247 g/mol. The van der Waals surface area contributed by atoms with Crippen LogP contribution in [0.25, 0.3) is 0 Å². The molecule has 0 bridgehead atoms. The molecule has 1 aliphatic rings. The average Bonchev–Trinajstić information content (AvgIpc) is 2.76. The van der Waals surface area contributed by atoms with Gasteiger partial charge in [0, 0.05) is 19.5 Å². The molecule has 4 nitrogen and oxygen atoms in total. The Morgan fingerprint density at radius 3 is 3.05 bits per heavy atom. The second kappa shape index (κ2) is 5.81. The lowest BCUT2D eigenvalue weighted by Crippen LogP contribution is -2.21. The summed E-state index contributed by atoms with van der Waals surface area (Å²) in [4.78, 5) is 12.7. The van der Waals surface area contributed by atoms with E-state index in [1.54, 1.807) is 0 Å². The first-order chi connectivity index (χ1) is 9.08. The monoisotopic (exact) mass is 262 g/mol. The van der Waals surface area contributed by atoms with Crippen LogP contribution in [0.5, 0.6) is 0 Å². The Balaban J connectivity index is 2.01. The van der Waals surface area contributed by atoms with E-state index in [2.05, 4.69) is 11.0 Å². The molecule has 1 heterocycles. The van der Waals surface area contributed by atoms with Gasteiger partial charge in [0.15, 0.2) is 0 Å². The number of benzene rings is 1. The normalized spacial score (nSPS) is 19.3. The van der Waals surface area contributed by atoms with Crippen LogP contribution >= 0.6 is 0 Å². The Labute approximate surface area is 111 Å². The molecule has 0 saturated carbocycles. The second-order valence-corrected chi connectivity index (χ2v) is 4.90. The van der Waals surface area contributed by atoms with Gasteiger partial charge in [0.25, 0.3) is 0 Å². The summed E-state index contributed by atoms with van der Waals surface area (Å²) in [6.07, 6.45) is 1.01. The van der Waals surface area contributed by atoms with E-state index < -0.39 is 5.97 Å². The van der Waals surface area contributed by atoms with Gasteiger partial charge < -0.3 is 5.11 Å². The molecule has 1 aromatic rings. The van der Waals surface area contributed by atoms with Gasteiger partial charge in [-0.25, -0.2) is 4.39 Å². The van der Waals surface area contributed by atoms with Crippen molar-refractivity contribution in [2.75, 3.05) is 13.1 Å². The van der Waals surface area contributed by atoms with Crippen molar-refractivity contribution < 1.29 is 14.3 Å². The predicted octanol–water partition coefficient (Wildman–Crippen LogP) is 1.99. The molecule has 0 radical (unpaired) electrons. The minimum atomic E-state index is -0.782. The zero-order valence-electron chi connectivity index (χ0n) is 10.5. The van der Waals surface area contributed by atoms with Gasteiger partial charge in [0.1, 0.15) is 5.82 Å². The van der Waals surface area contributed by atoms with E-state index in [1.165, 1.54) is 18.2 Å². The van der Waals surface area contributed by atoms with Crippen LogP contribution in [0.15, 0.2) is 18.2 Å². The third-order valence-electron chi connectivity index (χ3n) is 3.41. The SMILES string of the molecule is N#Cc1ccc(F)cc1CN1CCC(CC(=O)O)C1. The Kier molecular flexibility index (Phi) is 4.13. The molecule has 19 heavy (non-hydrogen) atoms. The van der Waals surface area contributed by atoms with Gasteiger partial charge >= 0.3 is 5.97 Å². The van der Waals surface area contributed by atoms with E-state index in [0.29, 0.717) is 24.2 Å². The smallest absolute Gasteiger partial charge is 0.303 e. The van der Waals surface area contributed by atoms with Crippen molar-refractivity contribution in [1.82, 2.24) is 4.90 Å². The van der Waals surface area contributed by atoms with Crippen molar-refractivity contribution in [2.24, 2.45) is 5.92 Å². The molecule has 1 fully saturated rings. The zero-order chi connectivity index (χ0) is 13.8. The van der Waals surface area contributed by atoms with Crippen molar-refractivity contribution >= 4 is 5.97 Å². The van der Waals surface area contributed by atoms with Gasteiger partial charge in [-0.3, -0.25) is 9.69 Å². The topological polar surface area (TPSA) is 64.3 Å². The molecule has 1 aromatic carbocycles. The predicted molar refractivity (Wildman–Crippen MR) is 66.8 cm³/mol. The van der Waals surface area contributed by atoms with E-state index in [0.717, 1.165) is 13.0 Å². The molecule has 1 N–H and O–H groups in total. The van der Waals surface area contributed by atoms with Crippen LogP contribution in [-0.2, 0) is 11.3 Å². The Morgan fingerprint density at radius 1 is 1.58 bits per heavy atom. The number of halogens is 1. The highest BCUT2D eigenvalue weighted by Gasteiger charge is 2.24. The highest BCUT2D eigenvalue weighted by Crippen LogP contribution is 2.22. The lowest BCUT2D eigenvalue weighted by Gasteiger charge is -2.16. The van der Waals surface area contributed by atoms with E-state index >= 15 is 0 Å². The van der Waals surface area contributed by atoms with Crippen molar-refractivity contribution in [3.63, 3.8) is 0 Å². The number of likely N-dealkylation sites (tertiary alicyclic amines) is 1. The van der Waals surface area contributed by atoms with Crippen molar-refractivity contribution in [2.45, 2.75) is 19.4 Å². The molecule has 0 spiro atoms. The summed E-state index contributed by atoms with van der Waals surface area (Å²) in [7, 11) is 0. The molecule has 0 amide bonds. The Hall–Kier alpha value is -1.93. The number of hydrogen-bond donors (Lipinski definition) is 1. The standard InChI is InChI=1S/C14H15FN2O2/c15-13-2-1-11(7-16)12(6-13)9-17-4-3-10(8-17)5-14(18)19/h1-2,6,10H,3-5,8-9H2,(H,18,19). The van der Waals surface area contributed by atoms with Crippen LogP contribution < -0.4 is 0 Å². The summed E-state index contributed by atoms with van der Waals surface area (Å²) in [5.41, 5.74) is 1.14. The first-order valence-electron chi connectivity index (χ1n) is 6.21. The van der Waals surface area contributed by atoms with E-state index in [1.807, 2.05) is 0 Å². The van der Waals surface area contributed by atoms with Crippen LogP contribution in [0.1, 0.15) is 24.0 Å². The van der Waals surface area contributed by atoms with Crippen molar-refractivity contribution in [1.29, 1.82) is 5.26 Å².